The molecule has 0 aliphatic carbocycles. The van der Waals surface area contributed by atoms with Gasteiger partial charge < -0.3 is 4.52 Å². The molecule has 126 valence electrons. The van der Waals surface area contributed by atoms with Crippen molar-refractivity contribution in [3.63, 3.8) is 0 Å². The average Bonchev–Trinajstić information content (AvgIpc) is 3.28. The van der Waals surface area contributed by atoms with Gasteiger partial charge in [-0.1, -0.05) is 24.6 Å². The monoisotopic (exact) mass is 348 g/mol. The maximum absolute atomic E-state index is 12.4. The van der Waals surface area contributed by atoms with Crippen LogP contribution in [0.2, 0.25) is 0 Å². The van der Waals surface area contributed by atoms with Gasteiger partial charge in [0, 0.05) is 11.3 Å². The Labute approximate surface area is 142 Å². The molecule has 2 aromatic rings. The van der Waals surface area contributed by atoms with Crippen molar-refractivity contribution in [2.24, 2.45) is 0 Å². The summed E-state index contributed by atoms with van der Waals surface area (Å²) in [5.41, 5.74) is 0. The fraction of sp³-hybridized carbons (Fsp3) is 0.400. The van der Waals surface area contributed by atoms with E-state index in [0.717, 1.165) is 27.5 Å². The number of imide groups is 2. The van der Waals surface area contributed by atoms with Crippen molar-refractivity contribution < 1.29 is 18.9 Å². The number of thiophene rings is 1. The quantitative estimate of drug-likeness (QED) is 0.560. The van der Waals surface area contributed by atoms with Gasteiger partial charge in [-0.05, 0) is 17.9 Å². The third kappa shape index (κ3) is 3.21. The van der Waals surface area contributed by atoms with E-state index in [4.69, 9.17) is 4.52 Å². The Morgan fingerprint density at radius 3 is 2.58 bits per heavy atom. The lowest BCUT2D eigenvalue weighted by Gasteiger charge is -2.13. The number of aryl methyl sites for hydroxylation is 1. The smallest absolute Gasteiger partial charge is 0.335 e. The summed E-state index contributed by atoms with van der Waals surface area (Å²) in [6.07, 6.45) is 2.60. The van der Waals surface area contributed by atoms with Gasteiger partial charge in [0.15, 0.2) is 5.82 Å². The fourth-order valence-electron chi connectivity index (χ4n) is 2.31. The molecule has 1 saturated heterocycles. The van der Waals surface area contributed by atoms with E-state index in [9.17, 15) is 14.4 Å². The van der Waals surface area contributed by atoms with Gasteiger partial charge >= 0.3 is 17.8 Å². The van der Waals surface area contributed by atoms with E-state index in [1.54, 1.807) is 6.07 Å². The summed E-state index contributed by atoms with van der Waals surface area (Å²) in [6.45, 7) is 1.95. The van der Waals surface area contributed by atoms with Gasteiger partial charge in [-0.25, -0.2) is 9.69 Å². The second-order valence-electron chi connectivity index (χ2n) is 5.35. The van der Waals surface area contributed by atoms with Crippen LogP contribution in [-0.2, 0) is 29.1 Å². The molecule has 4 amide bonds. The number of hydrogen-bond donors (Lipinski definition) is 0. The molecule has 0 bridgehead atoms. The highest BCUT2D eigenvalue weighted by molar-refractivity contribution is 7.09. The Morgan fingerprint density at radius 1 is 1.17 bits per heavy atom. The zero-order chi connectivity index (χ0) is 17.1. The summed E-state index contributed by atoms with van der Waals surface area (Å²) in [6, 6.07) is 2.96. The molecule has 2 aromatic heterocycles. The number of amides is 4. The molecule has 3 heterocycles. The van der Waals surface area contributed by atoms with Crippen LogP contribution in [0.15, 0.2) is 22.0 Å². The Kier molecular flexibility index (Phi) is 4.70. The topological polar surface area (TPSA) is 96.6 Å². The largest absolute Gasteiger partial charge is 0.337 e. The molecule has 8 nitrogen and oxygen atoms in total. The number of rotatable bonds is 7. The first-order valence-electron chi connectivity index (χ1n) is 7.61. The predicted octanol–water partition coefficient (Wildman–Crippen LogP) is 1.96. The molecule has 0 saturated carbocycles. The highest BCUT2D eigenvalue weighted by Crippen LogP contribution is 2.20. The normalized spacial score (nSPS) is 15.0. The Hall–Kier alpha value is -2.55. The van der Waals surface area contributed by atoms with Crippen LogP contribution in [0.1, 0.15) is 36.4 Å². The Morgan fingerprint density at radius 2 is 1.92 bits per heavy atom. The summed E-state index contributed by atoms with van der Waals surface area (Å²) in [4.78, 5) is 43.2. The molecule has 1 fully saturated rings. The van der Waals surface area contributed by atoms with Crippen molar-refractivity contribution >= 4 is 29.2 Å². The first-order chi connectivity index (χ1) is 11.6. The number of urea groups is 1. The minimum absolute atomic E-state index is 0.0865. The highest BCUT2D eigenvalue weighted by Gasteiger charge is 2.45. The summed E-state index contributed by atoms with van der Waals surface area (Å²) in [7, 11) is 0. The van der Waals surface area contributed by atoms with Crippen molar-refractivity contribution in [1.82, 2.24) is 19.9 Å². The van der Waals surface area contributed by atoms with Gasteiger partial charge in [0.1, 0.15) is 6.54 Å². The molecule has 0 atom stereocenters. The first kappa shape index (κ1) is 16.3. The van der Waals surface area contributed by atoms with Crippen molar-refractivity contribution in [2.45, 2.75) is 39.3 Å². The number of nitrogens with zero attached hydrogens (tertiary/aromatic N) is 4. The summed E-state index contributed by atoms with van der Waals surface area (Å²) >= 11 is 1.41. The average molecular weight is 348 g/mol. The number of aromatic nitrogens is 2. The van der Waals surface area contributed by atoms with E-state index in [1.807, 2.05) is 11.4 Å². The fourth-order valence-corrected chi connectivity index (χ4v) is 3.01. The molecule has 9 heteroatoms. The van der Waals surface area contributed by atoms with E-state index in [2.05, 4.69) is 17.1 Å². The molecular weight excluding hydrogens is 332 g/mol. The van der Waals surface area contributed by atoms with Gasteiger partial charge in [-0.2, -0.15) is 4.98 Å². The molecular formula is C15H16N4O4S. The number of carbonyl (C=O) groups is 3. The van der Waals surface area contributed by atoms with Crippen LogP contribution in [0.5, 0.6) is 0 Å². The second kappa shape index (κ2) is 6.91. The van der Waals surface area contributed by atoms with Crippen LogP contribution >= 0.6 is 11.3 Å². The number of carbonyl (C=O) groups excluding carboxylic acids is 3. The minimum Gasteiger partial charge on any atom is -0.337 e. The Balaban J connectivity index is 1.69. The van der Waals surface area contributed by atoms with E-state index < -0.39 is 17.8 Å². The van der Waals surface area contributed by atoms with Crippen molar-refractivity contribution in [3.05, 3.63) is 34.1 Å². The summed E-state index contributed by atoms with van der Waals surface area (Å²) in [5.74, 6) is -1.02. The standard InChI is InChI=1S/C15H16N4O4S/c1-2-3-6-11-16-12(23-17-11)9-19-14(21)13(20)18(15(19)22)8-10-5-4-7-24-10/h4-5,7H,2-3,6,8-9H2,1H3. The molecule has 0 N–H and O–H groups in total. The molecule has 1 aliphatic rings. The SMILES string of the molecule is CCCCc1noc(CN2C(=O)C(=O)N(Cc3cccs3)C2=O)n1. The van der Waals surface area contributed by atoms with Crippen LogP contribution in [0.25, 0.3) is 0 Å². The Bertz CT molecular complexity index is 755. The lowest BCUT2D eigenvalue weighted by Crippen LogP contribution is -2.32. The van der Waals surface area contributed by atoms with Crippen LogP contribution in [0.3, 0.4) is 0 Å². The van der Waals surface area contributed by atoms with Crippen molar-refractivity contribution in [1.29, 1.82) is 0 Å². The van der Waals surface area contributed by atoms with E-state index in [1.165, 1.54) is 11.3 Å². The van der Waals surface area contributed by atoms with Gasteiger partial charge in [0.05, 0.1) is 6.54 Å². The van der Waals surface area contributed by atoms with Crippen molar-refractivity contribution in [3.8, 4) is 0 Å². The molecule has 3 rings (SSSR count). The maximum Gasteiger partial charge on any atom is 0.335 e. The minimum atomic E-state index is -0.870. The van der Waals surface area contributed by atoms with Gasteiger partial charge in [0.2, 0.25) is 5.89 Å². The maximum atomic E-state index is 12.4. The van der Waals surface area contributed by atoms with Crippen molar-refractivity contribution in [2.75, 3.05) is 0 Å². The van der Waals surface area contributed by atoms with E-state index in [-0.39, 0.29) is 19.0 Å². The molecule has 0 unspecified atom stereocenters. The lowest BCUT2D eigenvalue weighted by atomic mass is 10.2. The van der Waals surface area contributed by atoms with E-state index >= 15 is 0 Å². The molecule has 0 aromatic carbocycles. The second-order valence-corrected chi connectivity index (χ2v) is 6.38. The number of unbranched alkanes of at least 4 members (excludes halogenated alkanes) is 1. The third-order valence-electron chi connectivity index (χ3n) is 3.59. The zero-order valence-electron chi connectivity index (χ0n) is 13.1. The molecule has 24 heavy (non-hydrogen) atoms. The molecule has 1 aliphatic heterocycles. The third-order valence-corrected chi connectivity index (χ3v) is 4.45. The molecule has 0 spiro atoms. The van der Waals surface area contributed by atoms with Crippen LogP contribution in [-0.4, -0.2) is 37.8 Å². The van der Waals surface area contributed by atoms with Crippen LogP contribution in [0.4, 0.5) is 4.79 Å². The summed E-state index contributed by atoms with van der Waals surface area (Å²) < 4.78 is 5.06. The van der Waals surface area contributed by atoms with Crippen LogP contribution in [0, 0.1) is 0 Å². The van der Waals surface area contributed by atoms with Gasteiger partial charge in [-0.15, -0.1) is 11.3 Å². The van der Waals surface area contributed by atoms with Gasteiger partial charge in [0.25, 0.3) is 0 Å². The zero-order valence-corrected chi connectivity index (χ0v) is 13.9. The van der Waals surface area contributed by atoms with Gasteiger partial charge in [-0.3, -0.25) is 14.5 Å². The van der Waals surface area contributed by atoms with Crippen LogP contribution < -0.4 is 0 Å². The lowest BCUT2D eigenvalue weighted by molar-refractivity contribution is -0.143. The first-order valence-corrected chi connectivity index (χ1v) is 8.49. The highest BCUT2D eigenvalue weighted by atomic mass is 32.1. The van der Waals surface area contributed by atoms with E-state index in [0.29, 0.717) is 12.2 Å². The predicted molar refractivity (Wildman–Crippen MR) is 83.7 cm³/mol. The molecule has 0 radical (unpaired) electrons. The summed E-state index contributed by atoms with van der Waals surface area (Å²) in [5, 5.41) is 5.66. The number of hydrogen-bond acceptors (Lipinski definition) is 7.